The van der Waals surface area contributed by atoms with Crippen LogP contribution in [0, 0.1) is 0 Å². The zero-order chi connectivity index (χ0) is 25.2. The van der Waals surface area contributed by atoms with Crippen molar-refractivity contribution in [1.82, 2.24) is 25.2 Å². The zero-order valence-electron chi connectivity index (χ0n) is 21.3. The molecule has 192 valence electrons. The van der Waals surface area contributed by atoms with E-state index in [-0.39, 0.29) is 11.9 Å². The molecule has 9 nitrogen and oxygen atoms in total. The van der Waals surface area contributed by atoms with Crippen LogP contribution < -0.4 is 15.6 Å². The van der Waals surface area contributed by atoms with Gasteiger partial charge in [0.15, 0.2) is 11.7 Å². The van der Waals surface area contributed by atoms with Crippen LogP contribution in [0.5, 0.6) is 0 Å². The van der Waals surface area contributed by atoms with Crippen molar-refractivity contribution in [2.45, 2.75) is 64.0 Å². The number of anilines is 2. The second kappa shape index (κ2) is 10.2. The largest absolute Gasteiger partial charge is 0.378 e. The number of likely N-dealkylation sites (tertiary alicyclic amines) is 1. The lowest BCUT2D eigenvalue weighted by atomic mass is 9.95. The second-order valence-corrected chi connectivity index (χ2v) is 10.2. The molecule has 2 aliphatic heterocycles. The normalized spacial score (nSPS) is 18.9. The first kappa shape index (κ1) is 23.5. The smallest absolute Gasteiger partial charge is 0.251 e. The number of rotatable bonds is 5. The van der Waals surface area contributed by atoms with Gasteiger partial charge in [-0.05, 0) is 63.1 Å². The number of carbonyl (C=O) groups is 1. The van der Waals surface area contributed by atoms with Gasteiger partial charge in [0.05, 0.1) is 11.4 Å². The molecule has 37 heavy (non-hydrogen) atoms. The fraction of sp³-hybridized carbons (Fsp3) is 0.429. The van der Waals surface area contributed by atoms with Gasteiger partial charge in [-0.25, -0.2) is 15.0 Å². The number of hydrogen-bond acceptors (Lipinski definition) is 7. The zero-order valence-corrected chi connectivity index (χ0v) is 21.3. The van der Waals surface area contributed by atoms with Crippen molar-refractivity contribution >= 4 is 34.3 Å². The third-order valence-corrected chi connectivity index (χ3v) is 7.68. The molecule has 6 rings (SSSR count). The summed E-state index contributed by atoms with van der Waals surface area (Å²) in [4.78, 5) is 27.4. The monoisotopic (exact) mass is 498 g/mol. The Bertz CT molecular complexity index is 1310. The molecular formula is C28H34N8O. The molecule has 9 heteroatoms. The highest BCUT2D eigenvalue weighted by atomic mass is 16.1. The van der Waals surface area contributed by atoms with E-state index in [0.29, 0.717) is 11.6 Å². The van der Waals surface area contributed by atoms with Gasteiger partial charge in [-0.15, -0.1) is 0 Å². The summed E-state index contributed by atoms with van der Waals surface area (Å²) in [6.45, 7) is 4.03. The molecular weight excluding hydrogens is 464 g/mol. The Morgan fingerprint density at radius 1 is 1.05 bits per heavy atom. The average molecular weight is 499 g/mol. The van der Waals surface area contributed by atoms with Crippen LogP contribution in [0.4, 0.5) is 11.5 Å². The van der Waals surface area contributed by atoms with Crippen molar-refractivity contribution in [2.24, 2.45) is 5.10 Å². The summed E-state index contributed by atoms with van der Waals surface area (Å²) >= 11 is 0. The average Bonchev–Trinajstić information content (AvgIpc) is 3.38. The minimum Gasteiger partial charge on any atom is -0.378 e. The van der Waals surface area contributed by atoms with Crippen molar-refractivity contribution in [3.8, 4) is 0 Å². The number of piperidine rings is 1. The number of aromatic nitrogens is 3. The van der Waals surface area contributed by atoms with Gasteiger partial charge >= 0.3 is 0 Å². The summed E-state index contributed by atoms with van der Waals surface area (Å²) in [5, 5.41) is 14.8. The first-order valence-corrected chi connectivity index (χ1v) is 13.4. The molecule has 2 fully saturated rings. The number of allylic oxidation sites excluding steroid dienone is 1. The maximum absolute atomic E-state index is 12.7. The van der Waals surface area contributed by atoms with Gasteiger partial charge in [0, 0.05) is 42.1 Å². The quantitative estimate of drug-likeness (QED) is 0.475. The molecule has 0 unspecified atom stereocenters. The molecule has 2 aromatic heterocycles. The summed E-state index contributed by atoms with van der Waals surface area (Å²) < 4.78 is 0. The lowest BCUT2D eigenvalue weighted by Gasteiger charge is -2.37. The molecule has 1 amide bonds. The molecule has 3 N–H and O–H groups in total. The van der Waals surface area contributed by atoms with Crippen molar-refractivity contribution in [3.63, 3.8) is 0 Å². The summed E-state index contributed by atoms with van der Waals surface area (Å²) in [6, 6.07) is 8.19. The van der Waals surface area contributed by atoms with Crippen LogP contribution in [0.25, 0.3) is 11.0 Å². The number of aromatic amines is 1. The Morgan fingerprint density at radius 2 is 1.84 bits per heavy atom. The van der Waals surface area contributed by atoms with Crippen LogP contribution in [0.3, 0.4) is 0 Å². The summed E-state index contributed by atoms with van der Waals surface area (Å²) in [5.74, 6) is 1.61. The fourth-order valence-corrected chi connectivity index (χ4v) is 5.71. The molecule has 1 aliphatic carbocycles. The van der Waals surface area contributed by atoms with Gasteiger partial charge in [-0.2, -0.15) is 5.10 Å². The number of amidine groups is 1. The Balaban J connectivity index is 1.22. The number of nitrogens with one attached hydrogen (secondary N) is 3. The molecule has 1 saturated heterocycles. The van der Waals surface area contributed by atoms with Gasteiger partial charge in [-0.1, -0.05) is 25.3 Å². The van der Waals surface area contributed by atoms with E-state index in [2.05, 4.69) is 54.7 Å². The van der Waals surface area contributed by atoms with Crippen molar-refractivity contribution in [1.29, 1.82) is 0 Å². The van der Waals surface area contributed by atoms with Crippen molar-refractivity contribution in [2.75, 3.05) is 23.4 Å². The highest BCUT2D eigenvalue weighted by molar-refractivity contribution is 6.19. The Morgan fingerprint density at radius 3 is 2.59 bits per heavy atom. The minimum atomic E-state index is 0.00214. The molecule has 1 aromatic carbocycles. The minimum absolute atomic E-state index is 0.00214. The third-order valence-electron chi connectivity index (χ3n) is 7.68. The lowest BCUT2D eigenvalue weighted by molar-refractivity contribution is 0.0927. The van der Waals surface area contributed by atoms with Crippen molar-refractivity contribution in [3.05, 3.63) is 60.2 Å². The number of carbonyl (C=O) groups excluding carboxylic acids is 1. The summed E-state index contributed by atoms with van der Waals surface area (Å²) in [5.41, 5.74) is 3.32. The highest BCUT2D eigenvalue weighted by Gasteiger charge is 2.32. The predicted octanol–water partition coefficient (Wildman–Crippen LogP) is 4.61. The third kappa shape index (κ3) is 4.77. The Kier molecular flexibility index (Phi) is 6.51. The SMILES string of the molecule is CC=CN1CCC(N2N=C(Nc3ccc(C(=O)NC4CCCCC4)cc3)c3c[nH]c4ncnc2c34)CC1. The van der Waals surface area contributed by atoms with E-state index in [1.54, 1.807) is 6.33 Å². The van der Waals surface area contributed by atoms with E-state index in [4.69, 9.17) is 5.10 Å². The topological polar surface area (TPSA) is 102 Å². The maximum Gasteiger partial charge on any atom is 0.251 e. The lowest BCUT2D eigenvalue weighted by Crippen LogP contribution is -2.43. The van der Waals surface area contributed by atoms with Crippen LogP contribution >= 0.6 is 0 Å². The van der Waals surface area contributed by atoms with E-state index < -0.39 is 0 Å². The first-order chi connectivity index (χ1) is 18.2. The second-order valence-electron chi connectivity index (χ2n) is 10.2. The molecule has 0 bridgehead atoms. The first-order valence-electron chi connectivity index (χ1n) is 13.4. The maximum atomic E-state index is 12.7. The van der Waals surface area contributed by atoms with Gasteiger partial charge in [0.25, 0.3) is 5.91 Å². The van der Waals surface area contributed by atoms with Gasteiger partial charge in [0.2, 0.25) is 0 Å². The summed E-state index contributed by atoms with van der Waals surface area (Å²) in [6.07, 6.45) is 15.6. The van der Waals surface area contributed by atoms with Gasteiger partial charge in [0.1, 0.15) is 12.0 Å². The van der Waals surface area contributed by atoms with E-state index in [1.807, 2.05) is 30.5 Å². The molecule has 0 radical (unpaired) electrons. The van der Waals surface area contributed by atoms with Crippen LogP contribution in [-0.4, -0.2) is 56.8 Å². The Labute approximate surface area is 217 Å². The van der Waals surface area contributed by atoms with Crippen LogP contribution in [-0.2, 0) is 0 Å². The van der Waals surface area contributed by atoms with Crippen molar-refractivity contribution < 1.29 is 4.79 Å². The van der Waals surface area contributed by atoms with E-state index >= 15 is 0 Å². The molecule has 1 saturated carbocycles. The molecule has 0 spiro atoms. The number of amides is 1. The number of H-pyrrole nitrogens is 1. The Hall–Kier alpha value is -3.88. The van der Waals surface area contributed by atoms with E-state index in [1.165, 1.54) is 19.3 Å². The van der Waals surface area contributed by atoms with Crippen LogP contribution in [0.1, 0.15) is 67.8 Å². The fourth-order valence-electron chi connectivity index (χ4n) is 5.71. The molecule has 4 heterocycles. The molecule has 3 aliphatic rings. The molecule has 0 atom stereocenters. The number of nitrogens with zero attached hydrogens (tertiary/aromatic N) is 5. The van der Waals surface area contributed by atoms with Crippen LogP contribution in [0.15, 0.2) is 54.2 Å². The highest BCUT2D eigenvalue weighted by Crippen LogP contribution is 2.35. The standard InChI is InChI=1S/C28H34N8O/c1-2-14-35-15-12-22(13-16-35)36-27-24-23(17-29-26(24)30-18-31-27)25(34-36)32-21-10-8-19(9-11-21)28(37)33-20-6-4-3-5-7-20/h2,8-11,14,17-18,20,22H,3-7,12-13,15-16H2,1H3,(H,32,34)(H,33,37)(H,29,30,31). The summed E-state index contributed by atoms with van der Waals surface area (Å²) in [7, 11) is 0. The van der Waals surface area contributed by atoms with E-state index in [0.717, 1.165) is 72.7 Å². The number of benzene rings is 1. The van der Waals surface area contributed by atoms with E-state index in [9.17, 15) is 4.79 Å². The number of hydrogen-bond donors (Lipinski definition) is 3. The van der Waals surface area contributed by atoms with Gasteiger partial charge in [-0.3, -0.25) is 4.79 Å². The molecule has 3 aromatic rings. The van der Waals surface area contributed by atoms with Crippen LogP contribution in [0.2, 0.25) is 0 Å². The number of hydrazone groups is 1. The van der Waals surface area contributed by atoms with Gasteiger partial charge < -0.3 is 20.5 Å². The predicted molar refractivity (Wildman–Crippen MR) is 147 cm³/mol.